The van der Waals surface area contributed by atoms with Crippen molar-refractivity contribution in [2.75, 3.05) is 19.3 Å². The van der Waals surface area contributed by atoms with Crippen LogP contribution in [0.15, 0.2) is 18.2 Å². The van der Waals surface area contributed by atoms with Gasteiger partial charge in [-0.25, -0.2) is 12.7 Å². The predicted molar refractivity (Wildman–Crippen MR) is 82.8 cm³/mol. The Bertz CT molecular complexity index is 640. The van der Waals surface area contributed by atoms with Crippen molar-refractivity contribution in [1.29, 1.82) is 0 Å². The summed E-state index contributed by atoms with van der Waals surface area (Å²) in [5.41, 5.74) is 2.62. The first kappa shape index (κ1) is 16.0. The van der Waals surface area contributed by atoms with Crippen molar-refractivity contribution in [2.24, 2.45) is 0 Å². The summed E-state index contributed by atoms with van der Waals surface area (Å²) in [6, 6.07) is 5.63. The van der Waals surface area contributed by atoms with Crippen molar-refractivity contribution in [2.45, 2.75) is 32.7 Å². The molecule has 1 N–H and O–H groups in total. The molecule has 0 bridgehead atoms. The lowest BCUT2D eigenvalue weighted by Gasteiger charge is -2.31. The van der Waals surface area contributed by atoms with Gasteiger partial charge in [-0.2, -0.15) is 0 Å². The first-order valence-corrected chi connectivity index (χ1v) is 8.95. The van der Waals surface area contributed by atoms with Crippen molar-refractivity contribution in [3.63, 3.8) is 0 Å². The molecule has 5 nitrogen and oxygen atoms in total. The van der Waals surface area contributed by atoms with Crippen LogP contribution >= 0.6 is 0 Å². The van der Waals surface area contributed by atoms with Crippen LogP contribution in [0.25, 0.3) is 0 Å². The molecule has 6 heteroatoms. The number of amides is 1. The smallest absolute Gasteiger partial charge is 0.251 e. The van der Waals surface area contributed by atoms with E-state index < -0.39 is 10.0 Å². The number of nitrogens with one attached hydrogen (secondary N) is 1. The van der Waals surface area contributed by atoms with Gasteiger partial charge in [0.05, 0.1) is 6.26 Å². The van der Waals surface area contributed by atoms with Crippen LogP contribution in [-0.4, -0.2) is 44.0 Å². The Morgan fingerprint density at radius 2 is 2.05 bits per heavy atom. The third-order valence-electron chi connectivity index (χ3n) is 3.83. The molecule has 0 aliphatic carbocycles. The molecule has 21 heavy (non-hydrogen) atoms. The maximum absolute atomic E-state index is 12.4. The van der Waals surface area contributed by atoms with E-state index in [1.54, 1.807) is 0 Å². The number of piperidine rings is 1. The van der Waals surface area contributed by atoms with Gasteiger partial charge in [-0.1, -0.05) is 17.7 Å². The number of benzene rings is 1. The zero-order valence-electron chi connectivity index (χ0n) is 12.7. The van der Waals surface area contributed by atoms with Crippen molar-refractivity contribution in [3.05, 3.63) is 34.9 Å². The molecular weight excluding hydrogens is 288 g/mol. The van der Waals surface area contributed by atoms with Crippen molar-refractivity contribution < 1.29 is 13.2 Å². The van der Waals surface area contributed by atoms with E-state index in [2.05, 4.69) is 5.32 Å². The molecule has 0 saturated carbocycles. The van der Waals surface area contributed by atoms with Crippen LogP contribution in [0.3, 0.4) is 0 Å². The van der Waals surface area contributed by atoms with Crippen molar-refractivity contribution in [1.82, 2.24) is 9.62 Å². The highest BCUT2D eigenvalue weighted by Gasteiger charge is 2.27. The SMILES string of the molecule is Cc1ccc(C)c(C(=O)NC2CCCN(S(C)(=O)=O)C2)c1. The van der Waals surface area contributed by atoms with Gasteiger partial charge in [0.2, 0.25) is 10.0 Å². The van der Waals surface area contributed by atoms with E-state index in [0.717, 1.165) is 24.0 Å². The summed E-state index contributed by atoms with van der Waals surface area (Å²) < 4.78 is 24.6. The summed E-state index contributed by atoms with van der Waals surface area (Å²) in [7, 11) is -3.19. The molecule has 1 heterocycles. The Morgan fingerprint density at radius 3 is 2.71 bits per heavy atom. The maximum atomic E-state index is 12.4. The van der Waals surface area contributed by atoms with Gasteiger partial charge in [0.25, 0.3) is 5.91 Å². The van der Waals surface area contributed by atoms with Gasteiger partial charge in [0, 0.05) is 24.7 Å². The Morgan fingerprint density at radius 1 is 1.33 bits per heavy atom. The number of carbonyl (C=O) groups is 1. The first-order valence-electron chi connectivity index (χ1n) is 7.10. The normalized spacial score (nSPS) is 20.2. The van der Waals surface area contributed by atoms with Gasteiger partial charge in [-0.3, -0.25) is 4.79 Å². The standard InChI is InChI=1S/C15H22N2O3S/c1-11-6-7-12(2)14(9-11)15(18)16-13-5-4-8-17(10-13)21(3,19)20/h6-7,9,13H,4-5,8,10H2,1-3H3,(H,16,18). The van der Waals surface area contributed by atoms with Crippen LogP contribution in [0.5, 0.6) is 0 Å². The fourth-order valence-corrected chi connectivity index (χ4v) is 3.52. The van der Waals surface area contributed by atoms with E-state index in [0.29, 0.717) is 18.7 Å². The van der Waals surface area contributed by atoms with Gasteiger partial charge in [-0.15, -0.1) is 0 Å². The lowest BCUT2D eigenvalue weighted by molar-refractivity contribution is 0.0920. The van der Waals surface area contributed by atoms with Crippen LogP contribution in [0.4, 0.5) is 0 Å². The predicted octanol–water partition coefficient (Wildman–Crippen LogP) is 1.46. The third kappa shape index (κ3) is 4.04. The van der Waals surface area contributed by atoms with Crippen LogP contribution < -0.4 is 5.32 Å². The number of rotatable bonds is 3. The molecule has 1 aromatic rings. The summed E-state index contributed by atoms with van der Waals surface area (Å²) >= 11 is 0. The topological polar surface area (TPSA) is 66.5 Å². The quantitative estimate of drug-likeness (QED) is 0.919. The summed E-state index contributed by atoms with van der Waals surface area (Å²) in [6.07, 6.45) is 2.79. The zero-order valence-corrected chi connectivity index (χ0v) is 13.5. The number of hydrogen-bond acceptors (Lipinski definition) is 3. The molecule has 1 aliphatic rings. The maximum Gasteiger partial charge on any atom is 0.251 e. The monoisotopic (exact) mass is 310 g/mol. The van der Waals surface area contributed by atoms with Crippen molar-refractivity contribution in [3.8, 4) is 0 Å². The second-order valence-electron chi connectivity index (χ2n) is 5.75. The van der Waals surface area contributed by atoms with Crippen LogP contribution in [0.2, 0.25) is 0 Å². The van der Waals surface area contributed by atoms with Gasteiger partial charge in [-0.05, 0) is 38.3 Å². The second kappa shape index (κ2) is 6.15. The second-order valence-corrected chi connectivity index (χ2v) is 7.73. The minimum atomic E-state index is -3.19. The van der Waals surface area contributed by atoms with Gasteiger partial charge in [0.1, 0.15) is 0 Å². The lowest BCUT2D eigenvalue weighted by Crippen LogP contribution is -2.49. The van der Waals surface area contributed by atoms with Crippen LogP contribution in [0.1, 0.15) is 34.3 Å². The molecule has 0 radical (unpaired) electrons. The number of carbonyl (C=O) groups excluding carboxylic acids is 1. The molecule has 1 atom stereocenters. The third-order valence-corrected chi connectivity index (χ3v) is 5.10. The molecule has 1 aliphatic heterocycles. The first-order chi connectivity index (χ1) is 9.77. The molecule has 1 fully saturated rings. The number of sulfonamides is 1. The van der Waals surface area contributed by atoms with Crippen molar-refractivity contribution >= 4 is 15.9 Å². The fourth-order valence-electron chi connectivity index (χ4n) is 2.61. The van der Waals surface area contributed by atoms with Gasteiger partial charge in [0.15, 0.2) is 0 Å². The molecular formula is C15H22N2O3S. The Balaban J connectivity index is 2.07. The minimum Gasteiger partial charge on any atom is -0.348 e. The minimum absolute atomic E-state index is 0.124. The highest BCUT2D eigenvalue weighted by atomic mass is 32.2. The largest absolute Gasteiger partial charge is 0.348 e. The fraction of sp³-hybridized carbons (Fsp3) is 0.533. The molecule has 116 valence electrons. The molecule has 2 rings (SSSR count). The van der Waals surface area contributed by atoms with Gasteiger partial charge >= 0.3 is 0 Å². The highest BCUT2D eigenvalue weighted by Crippen LogP contribution is 2.15. The van der Waals surface area contributed by atoms with E-state index in [1.807, 2.05) is 32.0 Å². The van der Waals surface area contributed by atoms with Crippen LogP contribution in [-0.2, 0) is 10.0 Å². The lowest BCUT2D eigenvalue weighted by atomic mass is 10.0. The number of aryl methyl sites for hydroxylation is 2. The average molecular weight is 310 g/mol. The molecule has 0 aromatic heterocycles. The molecule has 1 unspecified atom stereocenters. The molecule has 1 saturated heterocycles. The summed E-state index contributed by atoms with van der Waals surface area (Å²) in [6.45, 7) is 4.74. The molecule has 1 aromatic carbocycles. The zero-order chi connectivity index (χ0) is 15.6. The Kier molecular flexibility index (Phi) is 4.68. The average Bonchev–Trinajstić information content (AvgIpc) is 2.41. The van der Waals surface area contributed by atoms with E-state index in [4.69, 9.17) is 0 Å². The summed E-state index contributed by atoms with van der Waals surface area (Å²) in [5, 5.41) is 2.96. The van der Waals surface area contributed by atoms with E-state index in [9.17, 15) is 13.2 Å². The Labute approximate surface area is 126 Å². The van der Waals surface area contributed by atoms with Gasteiger partial charge < -0.3 is 5.32 Å². The van der Waals surface area contributed by atoms with Crippen LogP contribution in [0, 0.1) is 13.8 Å². The van der Waals surface area contributed by atoms with E-state index in [1.165, 1.54) is 10.6 Å². The van der Waals surface area contributed by atoms with E-state index in [-0.39, 0.29) is 11.9 Å². The summed E-state index contributed by atoms with van der Waals surface area (Å²) in [4.78, 5) is 12.4. The molecule has 0 spiro atoms. The molecule has 1 amide bonds. The summed E-state index contributed by atoms with van der Waals surface area (Å²) in [5.74, 6) is -0.128. The number of hydrogen-bond donors (Lipinski definition) is 1. The van der Waals surface area contributed by atoms with E-state index >= 15 is 0 Å². The Hall–Kier alpha value is -1.40. The number of nitrogens with zero attached hydrogens (tertiary/aromatic N) is 1. The highest BCUT2D eigenvalue weighted by molar-refractivity contribution is 7.88.